The van der Waals surface area contributed by atoms with Crippen LogP contribution in [-0.4, -0.2) is 28.4 Å². The molecule has 1 aromatic heterocycles. The molecule has 0 atom stereocenters. The molecule has 6 nitrogen and oxygen atoms in total. The highest BCUT2D eigenvalue weighted by molar-refractivity contribution is 7.71. The van der Waals surface area contributed by atoms with Crippen molar-refractivity contribution in [2.75, 3.05) is 17.3 Å². The summed E-state index contributed by atoms with van der Waals surface area (Å²) in [6, 6.07) is 16.5. The van der Waals surface area contributed by atoms with Crippen LogP contribution in [0.5, 0.6) is 0 Å². The van der Waals surface area contributed by atoms with Crippen molar-refractivity contribution in [2.24, 2.45) is 0 Å². The van der Waals surface area contributed by atoms with E-state index in [1.165, 1.54) is 11.8 Å². The molecule has 0 bridgehead atoms. The van der Waals surface area contributed by atoms with Crippen molar-refractivity contribution < 1.29 is 9.59 Å². The van der Waals surface area contributed by atoms with E-state index in [0.29, 0.717) is 16.2 Å². The number of hydrogen-bond donors (Lipinski definition) is 2. The molecule has 0 aliphatic carbocycles. The van der Waals surface area contributed by atoms with E-state index in [1.54, 1.807) is 42.1 Å². The molecule has 0 saturated carbocycles. The predicted octanol–water partition coefficient (Wildman–Crippen LogP) is 3.77. The zero-order valence-corrected chi connectivity index (χ0v) is 15.2. The van der Waals surface area contributed by atoms with E-state index in [4.69, 9.17) is 12.2 Å². The first kappa shape index (κ1) is 17.6. The SMILES string of the molecule is CC(=O)N(C)c1ccc(NC(=O)c2c[nH]c(=S)n2-c2ccccc2)cc1. The van der Waals surface area contributed by atoms with Crippen molar-refractivity contribution in [1.82, 2.24) is 9.55 Å². The van der Waals surface area contributed by atoms with E-state index >= 15 is 0 Å². The molecule has 2 amide bonds. The van der Waals surface area contributed by atoms with Crippen molar-refractivity contribution in [3.63, 3.8) is 0 Å². The molecule has 26 heavy (non-hydrogen) atoms. The number of aromatic amines is 1. The Morgan fingerprint density at radius 1 is 1.08 bits per heavy atom. The lowest BCUT2D eigenvalue weighted by Gasteiger charge is -2.15. The Morgan fingerprint density at radius 2 is 1.73 bits per heavy atom. The van der Waals surface area contributed by atoms with Gasteiger partial charge in [-0.2, -0.15) is 0 Å². The summed E-state index contributed by atoms with van der Waals surface area (Å²) >= 11 is 5.30. The van der Waals surface area contributed by atoms with Gasteiger partial charge in [0.05, 0.1) is 0 Å². The number of benzene rings is 2. The molecular weight excluding hydrogens is 348 g/mol. The summed E-state index contributed by atoms with van der Waals surface area (Å²) in [6.07, 6.45) is 1.59. The summed E-state index contributed by atoms with van der Waals surface area (Å²) in [6.45, 7) is 1.50. The van der Waals surface area contributed by atoms with Gasteiger partial charge in [-0.15, -0.1) is 0 Å². The number of nitrogens with zero attached hydrogens (tertiary/aromatic N) is 2. The standard InChI is InChI=1S/C19H18N4O2S/c1-13(24)22(2)15-10-8-14(9-11-15)21-18(25)17-12-20-19(26)23(17)16-6-4-3-5-7-16/h3-12H,1-2H3,(H,20,26)(H,21,25). The van der Waals surface area contributed by atoms with Gasteiger partial charge in [0.25, 0.3) is 5.91 Å². The summed E-state index contributed by atoms with van der Waals surface area (Å²) in [5, 5.41) is 2.85. The van der Waals surface area contributed by atoms with Gasteiger partial charge in [0, 0.05) is 37.2 Å². The van der Waals surface area contributed by atoms with Gasteiger partial charge in [-0.25, -0.2) is 0 Å². The number of aromatic nitrogens is 2. The van der Waals surface area contributed by atoms with E-state index in [9.17, 15) is 9.59 Å². The second kappa shape index (κ2) is 7.37. The van der Waals surface area contributed by atoms with Crippen LogP contribution >= 0.6 is 12.2 Å². The lowest BCUT2D eigenvalue weighted by Crippen LogP contribution is -2.22. The molecule has 1 heterocycles. The normalized spacial score (nSPS) is 10.4. The maximum atomic E-state index is 12.7. The maximum absolute atomic E-state index is 12.7. The fourth-order valence-electron chi connectivity index (χ4n) is 2.51. The van der Waals surface area contributed by atoms with Crippen molar-refractivity contribution in [3.8, 4) is 5.69 Å². The summed E-state index contributed by atoms with van der Waals surface area (Å²) < 4.78 is 2.13. The molecule has 2 N–H and O–H groups in total. The van der Waals surface area contributed by atoms with Gasteiger partial charge in [-0.3, -0.25) is 14.2 Å². The van der Waals surface area contributed by atoms with Crippen LogP contribution in [0.1, 0.15) is 17.4 Å². The van der Waals surface area contributed by atoms with E-state index < -0.39 is 0 Å². The van der Waals surface area contributed by atoms with Crippen LogP contribution in [0.15, 0.2) is 60.8 Å². The van der Waals surface area contributed by atoms with E-state index in [0.717, 1.165) is 11.4 Å². The minimum Gasteiger partial charge on any atom is -0.336 e. The molecule has 0 spiro atoms. The Balaban J connectivity index is 1.84. The molecule has 7 heteroatoms. The first-order chi connectivity index (χ1) is 12.5. The van der Waals surface area contributed by atoms with Gasteiger partial charge in [-0.1, -0.05) is 18.2 Å². The number of hydrogen-bond acceptors (Lipinski definition) is 3. The number of imidazole rings is 1. The van der Waals surface area contributed by atoms with Crippen LogP contribution in [0.2, 0.25) is 0 Å². The molecular formula is C19H18N4O2S. The van der Waals surface area contributed by atoms with Gasteiger partial charge in [0.1, 0.15) is 5.69 Å². The van der Waals surface area contributed by atoms with Crippen molar-refractivity contribution in [1.29, 1.82) is 0 Å². The van der Waals surface area contributed by atoms with Gasteiger partial charge in [-0.05, 0) is 48.6 Å². The van der Waals surface area contributed by atoms with E-state index in [1.807, 2.05) is 30.3 Å². The summed E-state index contributed by atoms with van der Waals surface area (Å²) in [5.74, 6) is -0.343. The highest BCUT2D eigenvalue weighted by atomic mass is 32.1. The monoisotopic (exact) mass is 366 g/mol. The highest BCUT2D eigenvalue weighted by Gasteiger charge is 2.15. The van der Waals surface area contributed by atoms with Crippen molar-refractivity contribution in [3.05, 3.63) is 71.3 Å². The Labute approximate surface area is 156 Å². The maximum Gasteiger partial charge on any atom is 0.274 e. The van der Waals surface area contributed by atoms with E-state index in [2.05, 4.69) is 10.3 Å². The summed E-state index contributed by atoms with van der Waals surface area (Å²) in [4.78, 5) is 28.5. The molecule has 2 aromatic carbocycles. The van der Waals surface area contributed by atoms with Crippen LogP contribution < -0.4 is 10.2 Å². The van der Waals surface area contributed by atoms with E-state index in [-0.39, 0.29) is 11.8 Å². The molecule has 0 unspecified atom stereocenters. The first-order valence-corrected chi connectivity index (χ1v) is 8.40. The number of anilines is 2. The Bertz CT molecular complexity index is 990. The smallest absolute Gasteiger partial charge is 0.274 e. The zero-order chi connectivity index (χ0) is 18.7. The quantitative estimate of drug-likeness (QED) is 0.691. The van der Waals surface area contributed by atoms with Crippen molar-refractivity contribution >= 4 is 35.4 Å². The number of H-pyrrole nitrogens is 1. The first-order valence-electron chi connectivity index (χ1n) is 7.99. The summed E-state index contributed by atoms with van der Waals surface area (Å²) in [7, 11) is 1.70. The Hall–Kier alpha value is -3.19. The number of nitrogens with one attached hydrogen (secondary N) is 2. The van der Waals surface area contributed by atoms with Gasteiger partial charge in [0.15, 0.2) is 4.77 Å². The van der Waals surface area contributed by atoms with Crippen LogP contribution in [0.3, 0.4) is 0 Å². The molecule has 0 aliphatic rings. The lowest BCUT2D eigenvalue weighted by atomic mass is 10.2. The number of rotatable bonds is 4. The number of carbonyl (C=O) groups is 2. The largest absolute Gasteiger partial charge is 0.336 e. The molecule has 0 aliphatic heterocycles. The molecule has 132 valence electrons. The van der Waals surface area contributed by atoms with Gasteiger partial charge >= 0.3 is 0 Å². The number of para-hydroxylation sites is 1. The third-order valence-corrected chi connectivity index (χ3v) is 4.31. The van der Waals surface area contributed by atoms with Crippen LogP contribution in [0.4, 0.5) is 11.4 Å². The third kappa shape index (κ3) is 3.57. The fourth-order valence-corrected chi connectivity index (χ4v) is 2.78. The van der Waals surface area contributed by atoms with Crippen molar-refractivity contribution in [2.45, 2.75) is 6.92 Å². The molecule has 3 aromatic rings. The van der Waals surface area contributed by atoms with Crippen LogP contribution in [-0.2, 0) is 4.79 Å². The molecule has 0 fully saturated rings. The minimum atomic E-state index is -0.283. The van der Waals surface area contributed by atoms with Crippen LogP contribution in [0.25, 0.3) is 5.69 Å². The van der Waals surface area contributed by atoms with Gasteiger partial charge in [0.2, 0.25) is 5.91 Å². The van der Waals surface area contributed by atoms with Crippen LogP contribution in [0, 0.1) is 4.77 Å². The third-order valence-electron chi connectivity index (χ3n) is 4.01. The fraction of sp³-hybridized carbons (Fsp3) is 0.105. The molecule has 3 rings (SSSR count). The predicted molar refractivity (Wildman–Crippen MR) is 104 cm³/mol. The Kier molecular flexibility index (Phi) is 4.99. The highest BCUT2D eigenvalue weighted by Crippen LogP contribution is 2.19. The molecule has 0 radical (unpaired) electrons. The minimum absolute atomic E-state index is 0.0593. The average Bonchev–Trinajstić information content (AvgIpc) is 3.04. The number of amides is 2. The second-order valence-electron chi connectivity index (χ2n) is 5.73. The molecule has 0 saturated heterocycles. The zero-order valence-electron chi connectivity index (χ0n) is 14.4. The summed E-state index contributed by atoms with van der Waals surface area (Å²) in [5.41, 5.74) is 2.60. The topological polar surface area (TPSA) is 70.1 Å². The number of carbonyl (C=O) groups excluding carboxylic acids is 2. The second-order valence-corrected chi connectivity index (χ2v) is 6.12. The Morgan fingerprint density at radius 3 is 2.35 bits per heavy atom. The average molecular weight is 366 g/mol. The van der Waals surface area contributed by atoms with Gasteiger partial charge < -0.3 is 15.2 Å². The lowest BCUT2D eigenvalue weighted by molar-refractivity contribution is -0.116.